The molecule has 2 aliphatic rings. The fraction of sp³-hybridized carbons (Fsp3) is 0.429. The molecule has 0 bridgehead atoms. The number of hydrogen-bond acceptors (Lipinski definition) is 4. The number of carbonyl (C=O) groups is 1. The highest BCUT2D eigenvalue weighted by molar-refractivity contribution is 5.79. The molecule has 0 saturated carbocycles. The third kappa shape index (κ3) is 3.52. The van der Waals surface area contributed by atoms with Crippen LogP contribution in [-0.4, -0.2) is 38.8 Å². The van der Waals surface area contributed by atoms with Gasteiger partial charge in [-0.25, -0.2) is 9.97 Å². The first-order chi connectivity index (χ1) is 12.8. The number of pyridine rings is 1. The first-order valence-corrected chi connectivity index (χ1v) is 9.47. The van der Waals surface area contributed by atoms with Crippen molar-refractivity contribution in [2.45, 2.75) is 38.0 Å². The highest BCUT2D eigenvalue weighted by atomic mass is 16.2. The van der Waals surface area contributed by atoms with Crippen molar-refractivity contribution in [2.24, 2.45) is 5.92 Å². The topological polar surface area (TPSA) is 59.0 Å². The number of carbonyl (C=O) groups excluding carboxylic acids is 1. The molecule has 4 rings (SSSR count). The van der Waals surface area contributed by atoms with Gasteiger partial charge in [0.25, 0.3) is 0 Å². The number of likely N-dealkylation sites (tertiary alicyclic amines) is 1. The van der Waals surface area contributed by atoms with Gasteiger partial charge >= 0.3 is 0 Å². The summed E-state index contributed by atoms with van der Waals surface area (Å²) in [5, 5.41) is 0. The molecule has 0 aromatic carbocycles. The summed E-state index contributed by atoms with van der Waals surface area (Å²) in [5.41, 5.74) is 3.18. The van der Waals surface area contributed by atoms with Gasteiger partial charge in [0, 0.05) is 49.1 Å². The molecule has 1 amide bonds. The summed E-state index contributed by atoms with van der Waals surface area (Å²) in [4.78, 5) is 27.9. The molecule has 0 N–H and O–H groups in total. The molecule has 5 heteroatoms. The molecular weight excluding hydrogens is 324 g/mol. The van der Waals surface area contributed by atoms with E-state index in [-0.39, 0.29) is 11.8 Å². The normalized spacial score (nSPS) is 23.0. The molecule has 26 heavy (non-hydrogen) atoms. The van der Waals surface area contributed by atoms with Gasteiger partial charge in [-0.2, -0.15) is 0 Å². The van der Waals surface area contributed by atoms with Crippen LogP contribution in [0.4, 0.5) is 0 Å². The summed E-state index contributed by atoms with van der Waals surface area (Å²) in [6, 6.07) is 3.98. The second-order valence-corrected chi connectivity index (χ2v) is 7.16. The number of piperidine rings is 1. The smallest absolute Gasteiger partial charge is 0.226 e. The highest BCUT2D eigenvalue weighted by Gasteiger charge is 2.31. The van der Waals surface area contributed by atoms with Gasteiger partial charge in [-0.1, -0.05) is 12.2 Å². The number of nitrogens with zero attached hydrogens (tertiary/aromatic N) is 4. The average Bonchev–Trinajstić information content (AvgIpc) is 2.74. The fourth-order valence-electron chi connectivity index (χ4n) is 4.09. The molecule has 1 aliphatic heterocycles. The molecule has 0 spiro atoms. The zero-order valence-electron chi connectivity index (χ0n) is 14.9. The van der Waals surface area contributed by atoms with Crippen LogP contribution in [0.15, 0.2) is 49.2 Å². The van der Waals surface area contributed by atoms with E-state index >= 15 is 0 Å². The molecule has 2 aromatic heterocycles. The van der Waals surface area contributed by atoms with Crippen LogP contribution < -0.4 is 0 Å². The van der Waals surface area contributed by atoms with Crippen LogP contribution >= 0.6 is 0 Å². The van der Waals surface area contributed by atoms with E-state index < -0.39 is 0 Å². The van der Waals surface area contributed by atoms with Gasteiger partial charge in [0.05, 0.1) is 5.69 Å². The van der Waals surface area contributed by atoms with E-state index in [2.05, 4.69) is 32.0 Å². The lowest BCUT2D eigenvalue weighted by molar-refractivity contribution is -0.137. The van der Waals surface area contributed by atoms with E-state index in [0.717, 1.165) is 62.0 Å². The molecule has 2 aromatic rings. The molecule has 0 radical (unpaired) electrons. The van der Waals surface area contributed by atoms with Crippen molar-refractivity contribution in [2.75, 3.05) is 13.1 Å². The quantitative estimate of drug-likeness (QED) is 0.795. The van der Waals surface area contributed by atoms with Crippen molar-refractivity contribution < 1.29 is 4.79 Å². The standard InChI is InChI=1S/C21H24N4O/c26-21(17-5-2-1-3-6-17)25-12-4-7-18(14-25)20-19(13-23-15-24-20)16-8-10-22-11-9-16/h1-2,8-11,13,15,17-18H,3-7,12,14H2/t17-,18-/m0/s1. The largest absolute Gasteiger partial charge is 0.342 e. The van der Waals surface area contributed by atoms with Gasteiger partial charge < -0.3 is 4.90 Å². The number of allylic oxidation sites excluding steroid dienone is 2. The van der Waals surface area contributed by atoms with Crippen molar-refractivity contribution in [3.05, 3.63) is 54.9 Å². The Morgan fingerprint density at radius 1 is 1.12 bits per heavy atom. The number of hydrogen-bond donors (Lipinski definition) is 0. The van der Waals surface area contributed by atoms with E-state index in [1.54, 1.807) is 18.7 Å². The van der Waals surface area contributed by atoms with Crippen LogP contribution in [0.2, 0.25) is 0 Å². The monoisotopic (exact) mass is 348 g/mol. The van der Waals surface area contributed by atoms with E-state index in [4.69, 9.17) is 0 Å². The minimum atomic E-state index is 0.156. The summed E-state index contributed by atoms with van der Waals surface area (Å²) in [7, 11) is 0. The van der Waals surface area contributed by atoms with Gasteiger partial charge in [-0.05, 0) is 49.8 Å². The van der Waals surface area contributed by atoms with Crippen LogP contribution in [0.3, 0.4) is 0 Å². The van der Waals surface area contributed by atoms with Crippen molar-refractivity contribution >= 4 is 5.91 Å². The Labute approximate surface area is 154 Å². The van der Waals surface area contributed by atoms with E-state index in [1.807, 2.05) is 18.3 Å². The van der Waals surface area contributed by atoms with Crippen LogP contribution in [0.25, 0.3) is 11.1 Å². The maximum Gasteiger partial charge on any atom is 0.226 e. The van der Waals surface area contributed by atoms with Gasteiger partial charge in [0.1, 0.15) is 6.33 Å². The summed E-state index contributed by atoms with van der Waals surface area (Å²) in [5.74, 6) is 0.736. The Balaban J connectivity index is 1.55. The maximum absolute atomic E-state index is 12.9. The summed E-state index contributed by atoms with van der Waals surface area (Å²) < 4.78 is 0. The Hall–Kier alpha value is -2.56. The third-order valence-corrected chi connectivity index (χ3v) is 5.47. The summed E-state index contributed by atoms with van der Waals surface area (Å²) in [6.45, 7) is 1.62. The lowest BCUT2D eigenvalue weighted by Crippen LogP contribution is -2.42. The Kier molecular flexibility index (Phi) is 5.04. The summed E-state index contributed by atoms with van der Waals surface area (Å²) >= 11 is 0. The first kappa shape index (κ1) is 16.9. The van der Waals surface area contributed by atoms with E-state index in [1.165, 1.54) is 0 Å². The molecule has 3 heterocycles. The third-order valence-electron chi connectivity index (χ3n) is 5.47. The number of amides is 1. The van der Waals surface area contributed by atoms with Crippen LogP contribution in [0, 0.1) is 5.92 Å². The minimum Gasteiger partial charge on any atom is -0.342 e. The molecule has 1 aliphatic carbocycles. The molecule has 2 atom stereocenters. The van der Waals surface area contributed by atoms with Gasteiger partial charge in [-0.3, -0.25) is 9.78 Å². The second-order valence-electron chi connectivity index (χ2n) is 7.16. The fourth-order valence-corrected chi connectivity index (χ4v) is 4.09. The first-order valence-electron chi connectivity index (χ1n) is 9.47. The highest BCUT2D eigenvalue weighted by Crippen LogP contribution is 2.33. The van der Waals surface area contributed by atoms with Crippen LogP contribution in [-0.2, 0) is 4.79 Å². The predicted octanol–water partition coefficient (Wildman–Crippen LogP) is 3.60. The van der Waals surface area contributed by atoms with Crippen LogP contribution in [0.5, 0.6) is 0 Å². The molecule has 1 saturated heterocycles. The van der Waals surface area contributed by atoms with E-state index in [9.17, 15) is 4.79 Å². The van der Waals surface area contributed by atoms with Crippen molar-refractivity contribution in [1.82, 2.24) is 19.9 Å². The molecule has 1 fully saturated rings. The molecule has 5 nitrogen and oxygen atoms in total. The predicted molar refractivity (Wildman–Crippen MR) is 100 cm³/mol. The Bertz CT molecular complexity index is 790. The van der Waals surface area contributed by atoms with E-state index in [0.29, 0.717) is 5.91 Å². The zero-order chi connectivity index (χ0) is 17.8. The SMILES string of the molecule is O=C([C@H]1CC=CCC1)N1CCC[C@H](c2ncncc2-c2ccncc2)C1. The van der Waals surface area contributed by atoms with Crippen molar-refractivity contribution in [3.8, 4) is 11.1 Å². The van der Waals surface area contributed by atoms with Gasteiger partial charge in [0.2, 0.25) is 5.91 Å². The Morgan fingerprint density at radius 2 is 2.00 bits per heavy atom. The molecule has 134 valence electrons. The number of aromatic nitrogens is 3. The lowest BCUT2D eigenvalue weighted by Gasteiger charge is -2.35. The van der Waals surface area contributed by atoms with Crippen molar-refractivity contribution in [1.29, 1.82) is 0 Å². The van der Waals surface area contributed by atoms with Gasteiger partial charge in [-0.15, -0.1) is 0 Å². The van der Waals surface area contributed by atoms with Crippen molar-refractivity contribution in [3.63, 3.8) is 0 Å². The Morgan fingerprint density at radius 3 is 2.81 bits per heavy atom. The maximum atomic E-state index is 12.9. The number of rotatable bonds is 3. The zero-order valence-corrected chi connectivity index (χ0v) is 14.9. The molecule has 0 unspecified atom stereocenters. The van der Waals surface area contributed by atoms with Gasteiger partial charge in [0.15, 0.2) is 0 Å². The molecular formula is C21H24N4O. The lowest BCUT2D eigenvalue weighted by atomic mass is 9.88. The van der Waals surface area contributed by atoms with Crippen LogP contribution in [0.1, 0.15) is 43.7 Å². The minimum absolute atomic E-state index is 0.156. The summed E-state index contributed by atoms with van der Waals surface area (Å²) in [6.07, 6.45) is 16.4. The second kappa shape index (κ2) is 7.77. The average molecular weight is 348 g/mol.